The molecule has 3 aromatic carbocycles. The van der Waals surface area contributed by atoms with E-state index in [-0.39, 0.29) is 17.2 Å². The molecule has 9 heteroatoms. The van der Waals surface area contributed by atoms with Gasteiger partial charge in [-0.3, -0.25) is 4.79 Å². The van der Waals surface area contributed by atoms with Crippen molar-refractivity contribution < 1.29 is 23.1 Å². The number of sulfonamides is 1. The van der Waals surface area contributed by atoms with Gasteiger partial charge >= 0.3 is 0 Å². The minimum absolute atomic E-state index is 0.0181. The SMILES string of the molecule is CCOc1cccc(/C=N\NC(=O)CN(Cc2ccccc2)S(=O)(=O)c2c(C)cc(C)cc2C)c1O. The summed E-state index contributed by atoms with van der Waals surface area (Å²) in [4.78, 5) is 13.0. The zero-order chi connectivity index (χ0) is 26.3. The molecule has 0 spiro atoms. The zero-order valence-electron chi connectivity index (χ0n) is 20.9. The molecular formula is C27H31N3O5S. The molecule has 36 heavy (non-hydrogen) atoms. The predicted molar refractivity (Wildman–Crippen MR) is 140 cm³/mol. The molecule has 0 aliphatic rings. The van der Waals surface area contributed by atoms with E-state index in [9.17, 15) is 18.3 Å². The maximum Gasteiger partial charge on any atom is 0.255 e. The number of para-hydroxylation sites is 1. The van der Waals surface area contributed by atoms with Crippen LogP contribution in [0.25, 0.3) is 0 Å². The second-order valence-electron chi connectivity index (χ2n) is 8.41. The van der Waals surface area contributed by atoms with E-state index >= 15 is 0 Å². The first-order valence-corrected chi connectivity index (χ1v) is 13.0. The fourth-order valence-electron chi connectivity index (χ4n) is 4.00. The van der Waals surface area contributed by atoms with Gasteiger partial charge in [-0.05, 0) is 56.5 Å². The van der Waals surface area contributed by atoms with Crippen LogP contribution < -0.4 is 10.2 Å². The van der Waals surface area contributed by atoms with Gasteiger partial charge in [-0.15, -0.1) is 0 Å². The number of aryl methyl sites for hydroxylation is 3. The summed E-state index contributed by atoms with van der Waals surface area (Å²) in [5.41, 5.74) is 5.65. The Morgan fingerprint density at radius 3 is 2.36 bits per heavy atom. The molecule has 0 heterocycles. The van der Waals surface area contributed by atoms with E-state index in [1.54, 1.807) is 39.0 Å². The third-order valence-electron chi connectivity index (χ3n) is 5.45. The van der Waals surface area contributed by atoms with E-state index in [0.717, 1.165) is 15.4 Å². The number of carbonyl (C=O) groups excluding carboxylic acids is 1. The number of rotatable bonds is 10. The molecule has 0 unspecified atom stereocenters. The Bertz CT molecular complexity index is 1330. The normalized spacial score (nSPS) is 11.7. The molecule has 3 aromatic rings. The summed E-state index contributed by atoms with van der Waals surface area (Å²) in [5, 5.41) is 14.2. The van der Waals surface area contributed by atoms with Gasteiger partial charge in [0.1, 0.15) is 0 Å². The number of hydrogen-bond acceptors (Lipinski definition) is 6. The smallest absolute Gasteiger partial charge is 0.255 e. The van der Waals surface area contributed by atoms with Gasteiger partial charge in [-0.2, -0.15) is 9.41 Å². The number of nitrogens with zero attached hydrogens (tertiary/aromatic N) is 2. The molecule has 0 radical (unpaired) electrons. The van der Waals surface area contributed by atoms with Crippen molar-refractivity contribution in [1.82, 2.24) is 9.73 Å². The molecule has 0 fully saturated rings. The number of ether oxygens (including phenoxy) is 1. The van der Waals surface area contributed by atoms with Gasteiger partial charge in [0.15, 0.2) is 11.5 Å². The Labute approximate surface area is 212 Å². The first-order chi connectivity index (χ1) is 17.1. The van der Waals surface area contributed by atoms with Gasteiger partial charge < -0.3 is 9.84 Å². The third-order valence-corrected chi connectivity index (χ3v) is 7.55. The quantitative estimate of drug-likeness (QED) is 0.317. The summed E-state index contributed by atoms with van der Waals surface area (Å²) in [7, 11) is -4.00. The van der Waals surface area contributed by atoms with Crippen LogP contribution in [-0.4, -0.2) is 43.1 Å². The molecule has 1 amide bonds. The van der Waals surface area contributed by atoms with Crippen molar-refractivity contribution in [3.05, 3.63) is 88.5 Å². The first kappa shape index (κ1) is 26.9. The van der Waals surface area contributed by atoms with E-state index in [1.165, 1.54) is 6.21 Å². The minimum Gasteiger partial charge on any atom is -0.504 e. The lowest BCUT2D eigenvalue weighted by Crippen LogP contribution is -2.39. The zero-order valence-corrected chi connectivity index (χ0v) is 21.7. The van der Waals surface area contributed by atoms with Crippen molar-refractivity contribution in [3.63, 3.8) is 0 Å². The van der Waals surface area contributed by atoms with E-state index in [4.69, 9.17) is 4.74 Å². The maximum absolute atomic E-state index is 13.7. The number of benzene rings is 3. The Morgan fingerprint density at radius 2 is 1.72 bits per heavy atom. The average molecular weight is 510 g/mol. The number of phenolic OH excluding ortho intramolecular Hbond substituents is 1. The van der Waals surface area contributed by atoms with Crippen LogP contribution in [0.2, 0.25) is 0 Å². The van der Waals surface area contributed by atoms with E-state index in [2.05, 4.69) is 10.5 Å². The Hall–Kier alpha value is -3.69. The highest BCUT2D eigenvalue weighted by Gasteiger charge is 2.30. The Balaban J connectivity index is 1.84. The summed E-state index contributed by atoms with van der Waals surface area (Å²) in [6, 6.07) is 17.6. The van der Waals surface area contributed by atoms with Crippen LogP contribution >= 0.6 is 0 Å². The second kappa shape index (κ2) is 11.8. The van der Waals surface area contributed by atoms with Crippen molar-refractivity contribution in [2.75, 3.05) is 13.2 Å². The molecule has 0 aromatic heterocycles. The molecule has 0 aliphatic carbocycles. The van der Waals surface area contributed by atoms with Crippen molar-refractivity contribution >= 4 is 22.1 Å². The lowest BCUT2D eigenvalue weighted by Gasteiger charge is -2.24. The van der Waals surface area contributed by atoms with Crippen LogP contribution in [0.15, 0.2) is 70.7 Å². The molecule has 0 atom stereocenters. The summed E-state index contributed by atoms with van der Waals surface area (Å²) < 4.78 is 33.9. The van der Waals surface area contributed by atoms with Gasteiger partial charge in [0.2, 0.25) is 10.0 Å². The molecule has 3 rings (SSSR count). The second-order valence-corrected chi connectivity index (χ2v) is 10.3. The number of amides is 1. The molecule has 190 valence electrons. The molecule has 2 N–H and O–H groups in total. The lowest BCUT2D eigenvalue weighted by molar-refractivity contribution is -0.121. The molecule has 0 saturated heterocycles. The van der Waals surface area contributed by atoms with E-state index < -0.39 is 22.5 Å². The first-order valence-electron chi connectivity index (χ1n) is 11.5. The van der Waals surface area contributed by atoms with E-state index in [1.807, 2.05) is 49.4 Å². The minimum atomic E-state index is -4.00. The summed E-state index contributed by atoms with van der Waals surface area (Å²) in [6.07, 6.45) is 1.28. The molecule has 0 bridgehead atoms. The van der Waals surface area contributed by atoms with Crippen molar-refractivity contribution in [3.8, 4) is 11.5 Å². The van der Waals surface area contributed by atoms with Crippen LogP contribution in [0.1, 0.15) is 34.7 Å². The highest BCUT2D eigenvalue weighted by molar-refractivity contribution is 7.89. The van der Waals surface area contributed by atoms with Gasteiger partial charge in [0.05, 0.1) is 24.3 Å². The summed E-state index contributed by atoms with van der Waals surface area (Å²) in [5.74, 6) is -0.415. The average Bonchev–Trinajstić information content (AvgIpc) is 2.81. The molecular weight excluding hydrogens is 478 g/mol. The fraction of sp³-hybridized carbons (Fsp3) is 0.259. The Kier molecular flexibility index (Phi) is 8.84. The molecule has 8 nitrogen and oxygen atoms in total. The van der Waals surface area contributed by atoms with Crippen LogP contribution in [0.3, 0.4) is 0 Å². The fourth-order valence-corrected chi connectivity index (χ4v) is 5.80. The number of aromatic hydroxyl groups is 1. The topological polar surface area (TPSA) is 108 Å². The van der Waals surface area contributed by atoms with Gasteiger partial charge in [0.25, 0.3) is 5.91 Å². The number of hydrazone groups is 1. The van der Waals surface area contributed by atoms with Crippen LogP contribution in [0, 0.1) is 20.8 Å². The number of hydrogen-bond donors (Lipinski definition) is 2. The van der Waals surface area contributed by atoms with Crippen LogP contribution in [0.4, 0.5) is 0 Å². The highest BCUT2D eigenvalue weighted by atomic mass is 32.2. The number of nitrogens with one attached hydrogen (secondary N) is 1. The maximum atomic E-state index is 13.7. The number of carbonyl (C=O) groups is 1. The van der Waals surface area contributed by atoms with Crippen molar-refractivity contribution in [2.24, 2.45) is 5.10 Å². The van der Waals surface area contributed by atoms with Crippen LogP contribution in [-0.2, 0) is 21.4 Å². The number of phenols is 1. The van der Waals surface area contributed by atoms with Gasteiger partial charge in [0, 0.05) is 12.1 Å². The summed E-state index contributed by atoms with van der Waals surface area (Å²) >= 11 is 0. The summed E-state index contributed by atoms with van der Waals surface area (Å²) in [6.45, 7) is 7.18. The van der Waals surface area contributed by atoms with Gasteiger partial charge in [-0.25, -0.2) is 13.8 Å². The highest BCUT2D eigenvalue weighted by Crippen LogP contribution is 2.29. The van der Waals surface area contributed by atoms with E-state index in [0.29, 0.717) is 29.0 Å². The van der Waals surface area contributed by atoms with Crippen LogP contribution in [0.5, 0.6) is 11.5 Å². The van der Waals surface area contributed by atoms with Crippen molar-refractivity contribution in [2.45, 2.75) is 39.1 Å². The largest absolute Gasteiger partial charge is 0.504 e. The molecule has 0 saturated carbocycles. The monoisotopic (exact) mass is 509 g/mol. The van der Waals surface area contributed by atoms with Crippen molar-refractivity contribution in [1.29, 1.82) is 0 Å². The van der Waals surface area contributed by atoms with Gasteiger partial charge in [-0.1, -0.05) is 54.1 Å². The Morgan fingerprint density at radius 1 is 1.06 bits per heavy atom. The standard InChI is InChI=1S/C27H31N3O5S/c1-5-35-24-13-9-12-23(26(24)32)16-28-29-25(31)18-30(17-22-10-7-6-8-11-22)36(33,34)27-20(3)14-19(2)15-21(27)4/h6-16,32H,5,17-18H2,1-4H3,(H,29,31)/b28-16-. The molecule has 0 aliphatic heterocycles. The third kappa shape index (κ3) is 6.50. The predicted octanol–water partition coefficient (Wildman–Crippen LogP) is 4.06. The lowest BCUT2D eigenvalue weighted by atomic mass is 10.1.